The normalized spacial score (nSPS) is 26.8. The zero-order valence-electron chi connectivity index (χ0n) is 13.3. The van der Waals surface area contributed by atoms with E-state index >= 15 is 0 Å². The van der Waals surface area contributed by atoms with Crippen molar-refractivity contribution >= 4 is 11.8 Å². The van der Waals surface area contributed by atoms with Gasteiger partial charge in [0.05, 0.1) is 11.8 Å². The van der Waals surface area contributed by atoms with Crippen LogP contribution >= 0.6 is 0 Å². The van der Waals surface area contributed by atoms with Gasteiger partial charge in [-0.3, -0.25) is 9.59 Å². The average molecular weight is 268 g/mol. The summed E-state index contributed by atoms with van der Waals surface area (Å²) in [5.74, 6) is 1.02. The molecule has 2 amide bonds. The second kappa shape index (κ2) is 5.14. The number of amides is 2. The minimum absolute atomic E-state index is 0.155. The summed E-state index contributed by atoms with van der Waals surface area (Å²) in [6.07, 6.45) is 0. The fourth-order valence-electron chi connectivity index (χ4n) is 2.23. The van der Waals surface area contributed by atoms with Gasteiger partial charge in [-0.05, 0) is 10.8 Å². The molecule has 4 heteroatoms. The van der Waals surface area contributed by atoms with E-state index in [4.69, 9.17) is 0 Å². The maximum atomic E-state index is 11.1. The summed E-state index contributed by atoms with van der Waals surface area (Å²) in [7, 11) is 1.85. The molecule has 0 saturated carbocycles. The molecule has 0 bridgehead atoms. The van der Waals surface area contributed by atoms with E-state index in [1.807, 2.05) is 7.05 Å². The third-order valence-corrected chi connectivity index (χ3v) is 4.02. The van der Waals surface area contributed by atoms with E-state index in [1.165, 1.54) is 0 Å². The molecule has 2 rings (SSSR count). The Kier molecular flexibility index (Phi) is 4.33. The second-order valence-electron chi connectivity index (χ2n) is 7.80. The summed E-state index contributed by atoms with van der Waals surface area (Å²) in [5, 5.41) is 2.73. The number of β-lactam (4-membered cyclic amide) rings is 2. The van der Waals surface area contributed by atoms with Crippen LogP contribution in [0.15, 0.2) is 0 Å². The first-order valence-electron chi connectivity index (χ1n) is 6.97. The molecule has 0 aromatic heterocycles. The Labute approximate surface area is 116 Å². The molecule has 2 saturated heterocycles. The molecular weight excluding hydrogens is 240 g/mol. The Morgan fingerprint density at radius 1 is 1.00 bits per heavy atom. The number of rotatable bonds is 0. The van der Waals surface area contributed by atoms with Crippen LogP contribution in [-0.2, 0) is 9.59 Å². The van der Waals surface area contributed by atoms with E-state index in [1.54, 1.807) is 4.90 Å². The molecule has 2 aliphatic rings. The summed E-state index contributed by atoms with van der Waals surface area (Å²) in [6.45, 7) is 14.4. The fourth-order valence-corrected chi connectivity index (χ4v) is 2.23. The summed E-state index contributed by atoms with van der Waals surface area (Å²) in [4.78, 5) is 23.7. The van der Waals surface area contributed by atoms with Crippen molar-refractivity contribution in [2.24, 2.45) is 22.7 Å². The van der Waals surface area contributed by atoms with E-state index in [0.717, 1.165) is 13.1 Å². The lowest BCUT2D eigenvalue weighted by Gasteiger charge is -2.43. The first-order chi connectivity index (χ1) is 8.44. The number of carbonyl (C=O) groups is 2. The van der Waals surface area contributed by atoms with Gasteiger partial charge in [0, 0.05) is 20.1 Å². The van der Waals surface area contributed by atoms with Crippen molar-refractivity contribution in [3.63, 3.8) is 0 Å². The molecule has 0 aliphatic carbocycles. The van der Waals surface area contributed by atoms with Gasteiger partial charge in [0.2, 0.25) is 11.8 Å². The Morgan fingerprint density at radius 3 is 1.53 bits per heavy atom. The molecule has 2 atom stereocenters. The van der Waals surface area contributed by atoms with Crippen LogP contribution < -0.4 is 5.32 Å². The van der Waals surface area contributed by atoms with Gasteiger partial charge in [0.1, 0.15) is 0 Å². The lowest BCUT2D eigenvalue weighted by atomic mass is 9.75. The second-order valence-corrected chi connectivity index (χ2v) is 7.80. The molecule has 0 aromatic rings. The van der Waals surface area contributed by atoms with Crippen LogP contribution in [0.5, 0.6) is 0 Å². The molecule has 0 radical (unpaired) electrons. The summed E-state index contributed by atoms with van der Waals surface area (Å²) in [6, 6.07) is 0. The van der Waals surface area contributed by atoms with Gasteiger partial charge < -0.3 is 10.2 Å². The minimum Gasteiger partial charge on any atom is -0.355 e. The molecule has 2 unspecified atom stereocenters. The molecule has 2 aliphatic heterocycles. The van der Waals surface area contributed by atoms with Gasteiger partial charge in [0.25, 0.3) is 0 Å². The molecule has 4 nitrogen and oxygen atoms in total. The van der Waals surface area contributed by atoms with Gasteiger partial charge >= 0.3 is 0 Å². The predicted molar refractivity (Wildman–Crippen MR) is 76.5 cm³/mol. The molecule has 19 heavy (non-hydrogen) atoms. The van der Waals surface area contributed by atoms with Crippen molar-refractivity contribution in [1.82, 2.24) is 10.2 Å². The highest BCUT2D eigenvalue weighted by molar-refractivity contribution is 5.85. The molecule has 2 heterocycles. The Balaban J connectivity index is 0.000000191. The topological polar surface area (TPSA) is 49.4 Å². The molecule has 1 N–H and O–H groups in total. The molecule has 110 valence electrons. The molecule has 2 fully saturated rings. The number of carbonyl (C=O) groups excluding carboxylic acids is 2. The van der Waals surface area contributed by atoms with Gasteiger partial charge in [-0.15, -0.1) is 0 Å². The number of likely N-dealkylation sites (tertiary alicyclic amines) is 1. The van der Waals surface area contributed by atoms with Gasteiger partial charge in [-0.2, -0.15) is 0 Å². The maximum absolute atomic E-state index is 11.1. The Hall–Kier alpha value is -1.06. The van der Waals surface area contributed by atoms with Crippen LogP contribution in [0.4, 0.5) is 0 Å². The smallest absolute Gasteiger partial charge is 0.227 e. The fraction of sp³-hybridized carbons (Fsp3) is 0.867. The van der Waals surface area contributed by atoms with Crippen molar-refractivity contribution in [3.05, 3.63) is 0 Å². The van der Waals surface area contributed by atoms with Gasteiger partial charge in [0.15, 0.2) is 0 Å². The van der Waals surface area contributed by atoms with Crippen molar-refractivity contribution in [1.29, 1.82) is 0 Å². The van der Waals surface area contributed by atoms with E-state index in [9.17, 15) is 9.59 Å². The van der Waals surface area contributed by atoms with Crippen LogP contribution in [0.3, 0.4) is 0 Å². The first-order valence-corrected chi connectivity index (χ1v) is 6.97. The van der Waals surface area contributed by atoms with Crippen LogP contribution in [0.1, 0.15) is 41.5 Å². The van der Waals surface area contributed by atoms with Crippen molar-refractivity contribution in [2.75, 3.05) is 20.1 Å². The Bertz CT molecular complexity index is 363. The van der Waals surface area contributed by atoms with Crippen LogP contribution in [-0.4, -0.2) is 36.9 Å². The zero-order chi connectivity index (χ0) is 15.0. The van der Waals surface area contributed by atoms with E-state index in [2.05, 4.69) is 46.9 Å². The summed E-state index contributed by atoms with van der Waals surface area (Å²) >= 11 is 0. The van der Waals surface area contributed by atoms with Crippen molar-refractivity contribution in [2.45, 2.75) is 41.5 Å². The number of nitrogens with one attached hydrogen (secondary N) is 1. The van der Waals surface area contributed by atoms with E-state index < -0.39 is 0 Å². The lowest BCUT2D eigenvalue weighted by Crippen LogP contribution is -2.55. The molecule has 0 aromatic carbocycles. The van der Waals surface area contributed by atoms with Crippen LogP contribution in [0.25, 0.3) is 0 Å². The zero-order valence-corrected chi connectivity index (χ0v) is 13.3. The largest absolute Gasteiger partial charge is 0.355 e. The Morgan fingerprint density at radius 2 is 1.47 bits per heavy atom. The number of hydrogen-bond acceptors (Lipinski definition) is 2. The minimum atomic E-state index is 0.155. The highest BCUT2D eigenvalue weighted by atomic mass is 16.2. The lowest BCUT2D eigenvalue weighted by molar-refractivity contribution is -0.151. The highest BCUT2D eigenvalue weighted by Gasteiger charge is 2.41. The third-order valence-electron chi connectivity index (χ3n) is 4.02. The number of hydrogen-bond donors (Lipinski definition) is 1. The molecule has 0 spiro atoms. The monoisotopic (exact) mass is 268 g/mol. The highest BCUT2D eigenvalue weighted by Crippen LogP contribution is 2.33. The maximum Gasteiger partial charge on any atom is 0.227 e. The van der Waals surface area contributed by atoms with Gasteiger partial charge in [-0.25, -0.2) is 0 Å². The number of nitrogens with zero attached hydrogens (tertiary/aromatic N) is 1. The SMILES string of the molecule is CC(C)(C)C1CNC1=O.CN1CC(C(C)(C)C)C1=O. The standard InChI is InChI=1S/C8H15NO.C7H13NO/c1-8(2,3)6-5-9(4)7(6)10;1-7(2,3)5-4-8-6(5)9/h6H,5H2,1-4H3;5H,4H2,1-3H3,(H,8,9). The summed E-state index contributed by atoms with van der Waals surface area (Å²) in [5.41, 5.74) is 0.311. The van der Waals surface area contributed by atoms with Gasteiger partial charge in [-0.1, -0.05) is 41.5 Å². The van der Waals surface area contributed by atoms with Crippen LogP contribution in [0.2, 0.25) is 0 Å². The van der Waals surface area contributed by atoms with E-state index in [0.29, 0.717) is 5.91 Å². The van der Waals surface area contributed by atoms with E-state index in [-0.39, 0.29) is 28.6 Å². The molecular formula is C15H28N2O2. The summed E-state index contributed by atoms with van der Waals surface area (Å²) < 4.78 is 0. The van der Waals surface area contributed by atoms with Crippen molar-refractivity contribution in [3.8, 4) is 0 Å². The third kappa shape index (κ3) is 3.71. The first kappa shape index (κ1) is 16.0. The predicted octanol–water partition coefficient (Wildman–Crippen LogP) is 1.90. The van der Waals surface area contributed by atoms with Crippen LogP contribution in [0, 0.1) is 22.7 Å². The quantitative estimate of drug-likeness (QED) is 0.682. The average Bonchev–Trinajstić information content (AvgIpc) is 2.20. The van der Waals surface area contributed by atoms with Crippen molar-refractivity contribution < 1.29 is 9.59 Å².